The Morgan fingerprint density at radius 3 is 2.55 bits per heavy atom. The predicted molar refractivity (Wildman–Crippen MR) is 92.9 cm³/mol. The molecule has 0 saturated heterocycles. The third kappa shape index (κ3) is 4.81. The molecule has 1 N–H and O–H groups in total. The van der Waals surface area contributed by atoms with Crippen molar-refractivity contribution < 1.29 is 9.53 Å². The van der Waals surface area contributed by atoms with Crippen molar-refractivity contribution in [2.24, 2.45) is 0 Å². The molecule has 0 fully saturated rings. The third-order valence-electron chi connectivity index (χ3n) is 3.17. The van der Waals surface area contributed by atoms with E-state index >= 15 is 0 Å². The summed E-state index contributed by atoms with van der Waals surface area (Å²) in [5.41, 5.74) is 3.10. The van der Waals surface area contributed by atoms with Crippen molar-refractivity contribution in [3.63, 3.8) is 0 Å². The van der Waals surface area contributed by atoms with Gasteiger partial charge in [-0.3, -0.25) is 4.79 Å². The van der Waals surface area contributed by atoms with E-state index in [0.717, 1.165) is 27.5 Å². The minimum Gasteiger partial charge on any atom is -0.494 e. The number of carbonyl (C=O) groups excluding carboxylic acids is 1. The first kappa shape index (κ1) is 16.4. The Hall–Kier alpha value is -1.94. The molecule has 2 aromatic carbocycles. The summed E-state index contributed by atoms with van der Waals surface area (Å²) in [4.78, 5) is 13.1. The van der Waals surface area contributed by atoms with E-state index in [2.05, 4.69) is 5.32 Å². The van der Waals surface area contributed by atoms with E-state index in [1.165, 1.54) is 11.8 Å². The highest BCUT2D eigenvalue weighted by molar-refractivity contribution is 8.00. The molecule has 3 nitrogen and oxygen atoms in total. The minimum absolute atomic E-state index is 0.00702. The highest BCUT2D eigenvalue weighted by Gasteiger charge is 2.06. The predicted octanol–water partition coefficient (Wildman–Crippen LogP) is 4.43. The number of carbonyl (C=O) groups is 1. The SMILES string of the molecule is CCOc1ccc(SCC(=O)Nc2cc(C)ccc2C)cc1. The van der Waals surface area contributed by atoms with Crippen molar-refractivity contribution in [3.05, 3.63) is 53.6 Å². The number of amides is 1. The fourth-order valence-corrected chi connectivity index (χ4v) is 2.70. The van der Waals surface area contributed by atoms with Crippen LogP contribution in [0.4, 0.5) is 5.69 Å². The summed E-state index contributed by atoms with van der Waals surface area (Å²) >= 11 is 1.52. The Kier molecular flexibility index (Phi) is 5.90. The first-order chi connectivity index (χ1) is 10.6. The minimum atomic E-state index is 0.00702. The number of rotatable bonds is 6. The van der Waals surface area contributed by atoms with E-state index in [9.17, 15) is 4.79 Å². The summed E-state index contributed by atoms with van der Waals surface area (Å²) < 4.78 is 5.40. The number of nitrogens with one attached hydrogen (secondary N) is 1. The fourth-order valence-electron chi connectivity index (χ4n) is 2.00. The van der Waals surface area contributed by atoms with E-state index in [1.807, 2.05) is 63.2 Å². The second-order valence-electron chi connectivity index (χ2n) is 5.06. The number of hydrogen-bond acceptors (Lipinski definition) is 3. The molecule has 0 radical (unpaired) electrons. The maximum atomic E-state index is 12.1. The van der Waals surface area contributed by atoms with Gasteiger partial charge in [0.25, 0.3) is 0 Å². The third-order valence-corrected chi connectivity index (χ3v) is 4.18. The second-order valence-corrected chi connectivity index (χ2v) is 6.11. The van der Waals surface area contributed by atoms with Gasteiger partial charge in [0.2, 0.25) is 5.91 Å². The molecule has 0 heterocycles. The standard InChI is InChI=1S/C18H21NO2S/c1-4-21-15-7-9-16(10-8-15)22-12-18(20)19-17-11-13(2)5-6-14(17)3/h5-11H,4,12H2,1-3H3,(H,19,20). The van der Waals surface area contributed by atoms with Gasteiger partial charge in [-0.2, -0.15) is 0 Å². The molecule has 4 heteroatoms. The summed E-state index contributed by atoms with van der Waals surface area (Å²) in [6.45, 7) is 6.63. The fraction of sp³-hybridized carbons (Fsp3) is 0.278. The summed E-state index contributed by atoms with van der Waals surface area (Å²) in [7, 11) is 0. The average Bonchev–Trinajstić information content (AvgIpc) is 2.51. The van der Waals surface area contributed by atoms with Crippen molar-refractivity contribution in [2.45, 2.75) is 25.7 Å². The number of ether oxygens (including phenoxy) is 1. The molecule has 116 valence electrons. The zero-order valence-electron chi connectivity index (χ0n) is 13.2. The van der Waals surface area contributed by atoms with Crippen LogP contribution in [0.1, 0.15) is 18.1 Å². The van der Waals surface area contributed by atoms with Crippen molar-refractivity contribution >= 4 is 23.4 Å². The van der Waals surface area contributed by atoms with Crippen LogP contribution in [0.25, 0.3) is 0 Å². The van der Waals surface area contributed by atoms with E-state index < -0.39 is 0 Å². The molecule has 0 spiro atoms. The van der Waals surface area contributed by atoms with Gasteiger partial charge in [0.15, 0.2) is 0 Å². The number of thioether (sulfide) groups is 1. The van der Waals surface area contributed by atoms with Crippen LogP contribution < -0.4 is 10.1 Å². The molecular weight excluding hydrogens is 294 g/mol. The van der Waals surface area contributed by atoms with Crippen LogP contribution in [-0.2, 0) is 4.79 Å². The van der Waals surface area contributed by atoms with Gasteiger partial charge >= 0.3 is 0 Å². The van der Waals surface area contributed by atoms with Gasteiger partial charge in [0, 0.05) is 10.6 Å². The first-order valence-corrected chi connectivity index (χ1v) is 8.30. The molecule has 0 unspecified atom stereocenters. The molecule has 0 aliphatic heterocycles. The lowest BCUT2D eigenvalue weighted by molar-refractivity contribution is -0.113. The van der Waals surface area contributed by atoms with Gasteiger partial charge in [-0.05, 0) is 62.2 Å². The van der Waals surface area contributed by atoms with Crippen LogP contribution in [0, 0.1) is 13.8 Å². The molecular formula is C18H21NO2S. The lowest BCUT2D eigenvalue weighted by Gasteiger charge is -2.09. The molecule has 0 bridgehead atoms. The lowest BCUT2D eigenvalue weighted by atomic mass is 10.1. The van der Waals surface area contributed by atoms with E-state index in [0.29, 0.717) is 12.4 Å². The smallest absolute Gasteiger partial charge is 0.234 e. The molecule has 2 aromatic rings. The Morgan fingerprint density at radius 2 is 1.86 bits per heavy atom. The number of benzene rings is 2. The van der Waals surface area contributed by atoms with Crippen molar-refractivity contribution in [1.29, 1.82) is 0 Å². The average molecular weight is 315 g/mol. The van der Waals surface area contributed by atoms with Crippen LogP contribution >= 0.6 is 11.8 Å². The normalized spacial score (nSPS) is 10.3. The Bertz CT molecular complexity index is 638. The van der Waals surface area contributed by atoms with Crippen LogP contribution in [0.15, 0.2) is 47.4 Å². The van der Waals surface area contributed by atoms with Crippen LogP contribution in [-0.4, -0.2) is 18.3 Å². The molecule has 0 atom stereocenters. The molecule has 22 heavy (non-hydrogen) atoms. The van der Waals surface area contributed by atoms with Crippen LogP contribution in [0.2, 0.25) is 0 Å². The Morgan fingerprint density at radius 1 is 1.14 bits per heavy atom. The summed E-state index contributed by atoms with van der Waals surface area (Å²) in [5, 5.41) is 2.97. The lowest BCUT2D eigenvalue weighted by Crippen LogP contribution is -2.14. The summed E-state index contributed by atoms with van der Waals surface area (Å²) in [6, 6.07) is 13.9. The van der Waals surface area contributed by atoms with Crippen molar-refractivity contribution in [3.8, 4) is 5.75 Å². The zero-order chi connectivity index (χ0) is 15.9. The molecule has 0 saturated carbocycles. The number of hydrogen-bond donors (Lipinski definition) is 1. The highest BCUT2D eigenvalue weighted by atomic mass is 32.2. The Labute approximate surface area is 136 Å². The summed E-state index contributed by atoms with van der Waals surface area (Å²) in [5.74, 6) is 1.25. The molecule has 0 aromatic heterocycles. The van der Waals surface area contributed by atoms with Gasteiger partial charge in [-0.15, -0.1) is 11.8 Å². The van der Waals surface area contributed by atoms with Crippen LogP contribution in [0.3, 0.4) is 0 Å². The van der Waals surface area contributed by atoms with E-state index in [4.69, 9.17) is 4.74 Å². The number of anilines is 1. The van der Waals surface area contributed by atoms with Gasteiger partial charge in [-0.1, -0.05) is 12.1 Å². The molecule has 2 rings (SSSR count). The monoisotopic (exact) mass is 315 g/mol. The van der Waals surface area contributed by atoms with Crippen molar-refractivity contribution in [2.75, 3.05) is 17.7 Å². The molecule has 0 aliphatic carbocycles. The van der Waals surface area contributed by atoms with Crippen molar-refractivity contribution in [1.82, 2.24) is 0 Å². The highest BCUT2D eigenvalue weighted by Crippen LogP contribution is 2.22. The topological polar surface area (TPSA) is 38.3 Å². The Balaban J connectivity index is 1.88. The zero-order valence-corrected chi connectivity index (χ0v) is 14.0. The number of aryl methyl sites for hydroxylation is 2. The first-order valence-electron chi connectivity index (χ1n) is 7.31. The van der Waals surface area contributed by atoms with E-state index in [1.54, 1.807) is 0 Å². The van der Waals surface area contributed by atoms with Gasteiger partial charge in [0.05, 0.1) is 12.4 Å². The largest absolute Gasteiger partial charge is 0.494 e. The van der Waals surface area contributed by atoms with E-state index in [-0.39, 0.29) is 5.91 Å². The molecule has 1 amide bonds. The molecule has 0 aliphatic rings. The van der Waals surface area contributed by atoms with Crippen LogP contribution in [0.5, 0.6) is 5.75 Å². The summed E-state index contributed by atoms with van der Waals surface area (Å²) in [6.07, 6.45) is 0. The second kappa shape index (κ2) is 7.90. The van der Waals surface area contributed by atoms with Gasteiger partial charge < -0.3 is 10.1 Å². The quantitative estimate of drug-likeness (QED) is 0.801. The maximum Gasteiger partial charge on any atom is 0.234 e. The maximum absolute atomic E-state index is 12.1. The van der Waals surface area contributed by atoms with Gasteiger partial charge in [-0.25, -0.2) is 0 Å². The van der Waals surface area contributed by atoms with Gasteiger partial charge in [0.1, 0.15) is 5.75 Å².